The first kappa shape index (κ1) is 17.9. The highest BCUT2D eigenvalue weighted by Crippen LogP contribution is 2.55. The number of hydrogen-bond donors (Lipinski definition) is 1. The average Bonchev–Trinajstić information content (AvgIpc) is 2.70. The van der Waals surface area contributed by atoms with Crippen LogP contribution in [-0.2, 0) is 0 Å². The lowest BCUT2D eigenvalue weighted by molar-refractivity contribution is 0.730. The standard InChI is InChI=1S/C23H27NP/c24-19-11-4-12-20-25(21-13-5-1-6-14-21,22-15-7-2-8-16-22)23-17-9-3-10-18-23/h1-3,5-10,13-18H,4,11-12,19-20,24H2/q+1. The minimum Gasteiger partial charge on any atom is -0.330 e. The van der Waals surface area contributed by atoms with E-state index in [0.29, 0.717) is 0 Å². The summed E-state index contributed by atoms with van der Waals surface area (Å²) in [4.78, 5) is 0. The first-order chi connectivity index (χ1) is 12.4. The van der Waals surface area contributed by atoms with Crippen LogP contribution >= 0.6 is 7.26 Å². The summed E-state index contributed by atoms with van der Waals surface area (Å²) in [6.07, 6.45) is 4.72. The zero-order valence-corrected chi connectivity index (χ0v) is 15.6. The Hall–Kier alpha value is -1.95. The molecule has 0 heterocycles. The van der Waals surface area contributed by atoms with Crippen LogP contribution in [0.5, 0.6) is 0 Å². The molecule has 0 spiro atoms. The van der Waals surface area contributed by atoms with Crippen molar-refractivity contribution in [1.82, 2.24) is 0 Å². The molecule has 0 aromatic heterocycles. The first-order valence-electron chi connectivity index (χ1n) is 9.13. The number of rotatable bonds is 8. The summed E-state index contributed by atoms with van der Waals surface area (Å²) in [7, 11) is -1.63. The quantitative estimate of drug-likeness (QED) is 0.481. The molecule has 0 aliphatic rings. The van der Waals surface area contributed by atoms with Gasteiger partial charge in [0, 0.05) is 0 Å². The summed E-state index contributed by atoms with van der Waals surface area (Å²) in [5.74, 6) is 0. The molecule has 0 fully saturated rings. The molecule has 0 saturated heterocycles. The molecule has 3 aromatic carbocycles. The van der Waals surface area contributed by atoms with Crippen molar-refractivity contribution in [2.24, 2.45) is 5.73 Å². The third-order valence-electron chi connectivity index (χ3n) is 4.79. The van der Waals surface area contributed by atoms with Crippen molar-refractivity contribution in [2.75, 3.05) is 12.7 Å². The summed E-state index contributed by atoms with van der Waals surface area (Å²) in [6, 6.07) is 33.3. The van der Waals surface area contributed by atoms with Gasteiger partial charge in [-0.3, -0.25) is 0 Å². The monoisotopic (exact) mass is 348 g/mol. The lowest BCUT2D eigenvalue weighted by Crippen LogP contribution is -2.33. The molecule has 25 heavy (non-hydrogen) atoms. The SMILES string of the molecule is NCCCCC[P+](c1ccccc1)(c1ccccc1)c1ccccc1. The van der Waals surface area contributed by atoms with Crippen molar-refractivity contribution in [1.29, 1.82) is 0 Å². The summed E-state index contributed by atoms with van der Waals surface area (Å²) in [5.41, 5.74) is 5.72. The van der Waals surface area contributed by atoms with Crippen LogP contribution in [-0.4, -0.2) is 12.7 Å². The van der Waals surface area contributed by atoms with E-state index < -0.39 is 7.26 Å². The van der Waals surface area contributed by atoms with Gasteiger partial charge in [-0.1, -0.05) is 54.6 Å². The molecule has 0 aliphatic heterocycles. The van der Waals surface area contributed by atoms with Crippen molar-refractivity contribution in [3.8, 4) is 0 Å². The Kier molecular flexibility index (Phi) is 6.39. The molecule has 0 bridgehead atoms. The normalized spacial score (nSPS) is 11.4. The van der Waals surface area contributed by atoms with Gasteiger partial charge in [0.05, 0.1) is 6.16 Å². The molecule has 0 amide bonds. The lowest BCUT2D eigenvalue weighted by Gasteiger charge is -2.27. The summed E-state index contributed by atoms with van der Waals surface area (Å²) in [6.45, 7) is 0.785. The molecule has 0 aliphatic carbocycles. The predicted molar refractivity (Wildman–Crippen MR) is 113 cm³/mol. The Morgan fingerprint density at radius 1 is 0.520 bits per heavy atom. The van der Waals surface area contributed by atoms with Gasteiger partial charge in [0.2, 0.25) is 0 Å². The van der Waals surface area contributed by atoms with Crippen LogP contribution in [0.1, 0.15) is 19.3 Å². The van der Waals surface area contributed by atoms with E-state index in [1.165, 1.54) is 34.9 Å². The topological polar surface area (TPSA) is 26.0 Å². The van der Waals surface area contributed by atoms with Crippen molar-refractivity contribution < 1.29 is 0 Å². The molecule has 3 rings (SSSR count). The van der Waals surface area contributed by atoms with E-state index in [2.05, 4.69) is 91.0 Å². The molecule has 0 radical (unpaired) electrons. The third-order valence-corrected chi connectivity index (χ3v) is 9.31. The number of benzene rings is 3. The molecule has 2 N–H and O–H groups in total. The molecule has 0 atom stereocenters. The van der Waals surface area contributed by atoms with E-state index in [1.54, 1.807) is 0 Å². The number of hydrogen-bond acceptors (Lipinski definition) is 1. The van der Waals surface area contributed by atoms with Gasteiger partial charge in [-0.05, 0) is 62.2 Å². The molecule has 2 heteroatoms. The van der Waals surface area contributed by atoms with Crippen molar-refractivity contribution in [3.63, 3.8) is 0 Å². The zero-order valence-electron chi connectivity index (χ0n) is 14.7. The largest absolute Gasteiger partial charge is 0.330 e. The van der Waals surface area contributed by atoms with E-state index in [0.717, 1.165) is 13.0 Å². The smallest absolute Gasteiger partial charge is 0.112 e. The Bertz CT molecular complexity index is 644. The summed E-state index contributed by atoms with van der Waals surface area (Å²) in [5, 5.41) is 4.42. The predicted octanol–water partition coefficient (Wildman–Crippen LogP) is 4.11. The van der Waals surface area contributed by atoms with E-state index >= 15 is 0 Å². The van der Waals surface area contributed by atoms with Gasteiger partial charge >= 0.3 is 0 Å². The maximum absolute atomic E-state index is 5.72. The highest BCUT2D eigenvalue weighted by molar-refractivity contribution is 7.95. The third kappa shape index (κ3) is 4.00. The fraction of sp³-hybridized carbons (Fsp3) is 0.217. The second-order valence-electron chi connectivity index (χ2n) is 6.39. The van der Waals surface area contributed by atoms with E-state index in [4.69, 9.17) is 5.73 Å². The maximum atomic E-state index is 5.72. The molecule has 128 valence electrons. The van der Waals surface area contributed by atoms with Gasteiger partial charge in [0.1, 0.15) is 23.2 Å². The Labute approximate surface area is 152 Å². The summed E-state index contributed by atoms with van der Waals surface area (Å²) >= 11 is 0. The second-order valence-corrected chi connectivity index (χ2v) is 10.0. The summed E-state index contributed by atoms with van der Waals surface area (Å²) < 4.78 is 0. The van der Waals surface area contributed by atoms with Crippen molar-refractivity contribution in [2.45, 2.75) is 19.3 Å². The van der Waals surface area contributed by atoms with Crippen LogP contribution in [0.3, 0.4) is 0 Å². The van der Waals surface area contributed by atoms with Crippen LogP contribution in [0.15, 0.2) is 91.0 Å². The Morgan fingerprint density at radius 3 is 1.28 bits per heavy atom. The van der Waals surface area contributed by atoms with Crippen LogP contribution in [0.4, 0.5) is 0 Å². The van der Waals surface area contributed by atoms with Crippen molar-refractivity contribution in [3.05, 3.63) is 91.0 Å². The molecule has 0 saturated carbocycles. The number of unbranched alkanes of at least 4 members (excludes halogenated alkanes) is 2. The molecular weight excluding hydrogens is 321 g/mol. The van der Waals surface area contributed by atoms with Crippen LogP contribution < -0.4 is 21.6 Å². The van der Waals surface area contributed by atoms with Gasteiger partial charge in [-0.25, -0.2) is 0 Å². The van der Waals surface area contributed by atoms with Crippen molar-refractivity contribution >= 4 is 23.2 Å². The van der Waals surface area contributed by atoms with Gasteiger partial charge < -0.3 is 5.73 Å². The van der Waals surface area contributed by atoms with E-state index in [-0.39, 0.29) is 0 Å². The minimum atomic E-state index is -1.63. The highest BCUT2D eigenvalue weighted by Gasteiger charge is 2.44. The minimum absolute atomic E-state index is 0.785. The number of nitrogens with two attached hydrogens (primary N) is 1. The van der Waals surface area contributed by atoms with Crippen LogP contribution in [0.2, 0.25) is 0 Å². The molecule has 1 nitrogen and oxygen atoms in total. The van der Waals surface area contributed by atoms with Gasteiger partial charge in [-0.2, -0.15) is 0 Å². The zero-order chi connectivity index (χ0) is 17.4. The van der Waals surface area contributed by atoms with Crippen LogP contribution in [0.25, 0.3) is 0 Å². The Balaban J connectivity index is 2.13. The molecule has 0 unspecified atom stereocenters. The van der Waals surface area contributed by atoms with E-state index in [9.17, 15) is 0 Å². The molecular formula is C23H27NP+. The van der Waals surface area contributed by atoms with Gasteiger partial charge in [-0.15, -0.1) is 0 Å². The van der Waals surface area contributed by atoms with Crippen LogP contribution in [0, 0.1) is 0 Å². The fourth-order valence-electron chi connectivity index (χ4n) is 3.55. The van der Waals surface area contributed by atoms with Gasteiger partial charge in [0.15, 0.2) is 0 Å². The average molecular weight is 348 g/mol. The maximum Gasteiger partial charge on any atom is 0.112 e. The van der Waals surface area contributed by atoms with E-state index in [1.807, 2.05) is 0 Å². The second kappa shape index (κ2) is 8.94. The van der Waals surface area contributed by atoms with Gasteiger partial charge in [0.25, 0.3) is 0 Å². The highest BCUT2D eigenvalue weighted by atomic mass is 31.2. The fourth-order valence-corrected chi connectivity index (χ4v) is 7.96. The molecule has 3 aromatic rings. The first-order valence-corrected chi connectivity index (χ1v) is 11.1. The Morgan fingerprint density at radius 2 is 0.920 bits per heavy atom. The lowest BCUT2D eigenvalue weighted by atomic mass is 10.2.